The summed E-state index contributed by atoms with van der Waals surface area (Å²) in [4.78, 5) is 37.7. The van der Waals surface area contributed by atoms with E-state index in [1.807, 2.05) is 31.1 Å². The lowest BCUT2D eigenvalue weighted by molar-refractivity contribution is -0.121. The van der Waals surface area contributed by atoms with Crippen LogP contribution in [0.15, 0.2) is 47.5 Å². The first-order valence-corrected chi connectivity index (χ1v) is 15.7. The first-order chi connectivity index (χ1) is 20.9. The molecule has 1 aliphatic heterocycles. The van der Waals surface area contributed by atoms with Crippen molar-refractivity contribution < 1.29 is 19.1 Å². The molecular weight excluding hydrogens is 586 g/mol. The SMILES string of the molecule is C=C(CC(Cc1ccccc1)NC(=O)CCc1nc2c(s1)C=C(Cl)CC2)CN1CCOCC1.C=O.CCC.CN.NC=O. The highest BCUT2D eigenvalue weighted by molar-refractivity contribution is 7.12. The molecule has 9 nitrogen and oxygen atoms in total. The number of carbonyl (C=O) groups excluding carboxylic acids is 3. The van der Waals surface area contributed by atoms with Crippen LogP contribution in [-0.4, -0.2) is 74.9 Å². The monoisotopic (exact) mass is 635 g/mol. The predicted octanol–water partition coefficient (Wildman–Crippen LogP) is 4.52. The Morgan fingerprint density at radius 2 is 1.79 bits per heavy atom. The molecule has 1 saturated heterocycles. The predicted molar refractivity (Wildman–Crippen MR) is 179 cm³/mol. The van der Waals surface area contributed by atoms with Gasteiger partial charge in [0.1, 0.15) is 6.79 Å². The van der Waals surface area contributed by atoms with Crippen LogP contribution in [0.2, 0.25) is 0 Å². The minimum Gasteiger partial charge on any atom is -0.379 e. The third kappa shape index (κ3) is 17.7. The second-order valence-corrected chi connectivity index (χ2v) is 11.3. The molecule has 2 aromatic rings. The lowest BCUT2D eigenvalue weighted by Gasteiger charge is -2.28. The molecule has 43 heavy (non-hydrogen) atoms. The molecule has 2 heterocycles. The van der Waals surface area contributed by atoms with Crippen molar-refractivity contribution in [1.29, 1.82) is 0 Å². The van der Waals surface area contributed by atoms with Gasteiger partial charge in [-0.05, 0) is 44.4 Å². The number of primary amides is 1. The molecule has 1 unspecified atom stereocenters. The number of allylic oxidation sites excluding steroid dienone is 1. The molecule has 1 atom stereocenters. The summed E-state index contributed by atoms with van der Waals surface area (Å²) in [5, 5.41) is 5.17. The molecule has 1 aromatic heterocycles. The van der Waals surface area contributed by atoms with Gasteiger partial charge >= 0.3 is 0 Å². The highest BCUT2D eigenvalue weighted by Crippen LogP contribution is 2.30. The second-order valence-electron chi connectivity index (χ2n) is 9.65. The molecule has 0 spiro atoms. The fraction of sp³-hybridized carbons (Fsp3) is 0.500. The first-order valence-electron chi connectivity index (χ1n) is 14.5. The van der Waals surface area contributed by atoms with E-state index < -0.39 is 0 Å². The molecule has 1 fully saturated rings. The van der Waals surface area contributed by atoms with Crippen LogP contribution in [0.5, 0.6) is 0 Å². The van der Waals surface area contributed by atoms with Crippen LogP contribution in [-0.2, 0) is 38.4 Å². The van der Waals surface area contributed by atoms with Crippen LogP contribution in [0.25, 0.3) is 6.08 Å². The number of nitrogens with one attached hydrogen (secondary N) is 1. The largest absolute Gasteiger partial charge is 0.379 e. The van der Waals surface area contributed by atoms with Gasteiger partial charge in [0.2, 0.25) is 12.3 Å². The lowest BCUT2D eigenvalue weighted by atomic mass is 9.99. The molecule has 4 rings (SSSR count). The van der Waals surface area contributed by atoms with Crippen molar-refractivity contribution in [3.63, 3.8) is 0 Å². The van der Waals surface area contributed by atoms with E-state index in [0.717, 1.165) is 84.7 Å². The van der Waals surface area contributed by atoms with Crippen LogP contribution >= 0.6 is 22.9 Å². The summed E-state index contributed by atoms with van der Waals surface area (Å²) in [6.45, 7) is 14.8. The Morgan fingerprint density at radius 1 is 1.19 bits per heavy atom. The van der Waals surface area contributed by atoms with Gasteiger partial charge < -0.3 is 26.3 Å². The number of aromatic nitrogens is 1. The van der Waals surface area contributed by atoms with Crippen LogP contribution in [0.4, 0.5) is 0 Å². The highest BCUT2D eigenvalue weighted by atomic mass is 35.5. The Bertz CT molecular complexity index is 1070. The van der Waals surface area contributed by atoms with Crippen molar-refractivity contribution in [1.82, 2.24) is 15.2 Å². The fourth-order valence-corrected chi connectivity index (χ4v) is 5.70. The van der Waals surface area contributed by atoms with Crippen molar-refractivity contribution in [3.05, 3.63) is 68.7 Å². The number of benzene rings is 1. The minimum absolute atomic E-state index is 0.0275. The van der Waals surface area contributed by atoms with Crippen LogP contribution in [0.1, 0.15) is 60.7 Å². The van der Waals surface area contributed by atoms with Crippen molar-refractivity contribution in [2.75, 3.05) is 39.9 Å². The van der Waals surface area contributed by atoms with E-state index >= 15 is 0 Å². The normalized spacial score (nSPS) is 14.1. The fourth-order valence-electron chi connectivity index (χ4n) is 4.35. The van der Waals surface area contributed by atoms with Crippen molar-refractivity contribution in [2.45, 2.75) is 64.8 Å². The summed E-state index contributed by atoms with van der Waals surface area (Å²) >= 11 is 7.82. The summed E-state index contributed by atoms with van der Waals surface area (Å²) < 4.78 is 5.45. The number of amides is 2. The molecule has 11 heteroatoms. The smallest absolute Gasteiger partial charge is 0.220 e. The number of rotatable bonds is 10. The van der Waals surface area contributed by atoms with Gasteiger partial charge in [-0.1, -0.05) is 74.4 Å². The number of hydrogen-bond donors (Lipinski definition) is 3. The molecule has 2 aliphatic rings. The number of nitrogens with two attached hydrogens (primary N) is 2. The maximum absolute atomic E-state index is 12.9. The van der Waals surface area contributed by atoms with Crippen LogP contribution in [0.3, 0.4) is 0 Å². The molecule has 0 radical (unpaired) electrons. The van der Waals surface area contributed by atoms with Crippen molar-refractivity contribution >= 4 is 48.1 Å². The van der Waals surface area contributed by atoms with E-state index in [4.69, 9.17) is 30.9 Å². The third-order valence-corrected chi connectivity index (χ3v) is 7.40. The number of carbonyl (C=O) groups is 3. The van der Waals surface area contributed by atoms with Gasteiger partial charge in [-0.2, -0.15) is 0 Å². The zero-order valence-electron chi connectivity index (χ0n) is 26.0. The quantitative estimate of drug-likeness (QED) is 0.258. The van der Waals surface area contributed by atoms with Gasteiger partial charge in [0, 0.05) is 43.6 Å². The minimum atomic E-state index is 0.0275. The third-order valence-electron chi connectivity index (χ3n) is 6.00. The van der Waals surface area contributed by atoms with Gasteiger partial charge in [-0.25, -0.2) is 4.98 Å². The van der Waals surface area contributed by atoms with E-state index in [0.29, 0.717) is 12.8 Å². The second kappa shape index (κ2) is 25.6. The zero-order chi connectivity index (χ0) is 32.5. The summed E-state index contributed by atoms with van der Waals surface area (Å²) in [5.41, 5.74) is 12.1. The van der Waals surface area contributed by atoms with E-state index in [9.17, 15) is 4.79 Å². The summed E-state index contributed by atoms with van der Waals surface area (Å²) in [7, 11) is 1.50. The summed E-state index contributed by atoms with van der Waals surface area (Å²) in [5.74, 6) is 0.0665. The van der Waals surface area contributed by atoms with Crippen LogP contribution in [0, 0.1) is 0 Å². The first kappa shape index (κ1) is 40.1. The summed E-state index contributed by atoms with van der Waals surface area (Å²) in [6.07, 6.45) is 7.91. The lowest BCUT2D eigenvalue weighted by Crippen LogP contribution is -2.40. The average Bonchev–Trinajstić information content (AvgIpc) is 3.42. The van der Waals surface area contributed by atoms with E-state index in [-0.39, 0.29) is 18.4 Å². The van der Waals surface area contributed by atoms with Gasteiger partial charge in [0.25, 0.3) is 0 Å². The number of hydrogen-bond acceptors (Lipinski definition) is 8. The highest BCUT2D eigenvalue weighted by Gasteiger charge is 2.19. The number of nitrogens with zero attached hydrogens (tertiary/aromatic N) is 2. The Hall–Kier alpha value is -2.89. The number of aryl methyl sites for hydroxylation is 2. The molecule has 0 saturated carbocycles. The van der Waals surface area contributed by atoms with Crippen molar-refractivity contribution in [3.8, 4) is 0 Å². The molecule has 0 bridgehead atoms. The molecule has 1 aromatic carbocycles. The average molecular weight is 636 g/mol. The van der Waals surface area contributed by atoms with Gasteiger partial charge in [0.05, 0.1) is 28.8 Å². The molecule has 1 aliphatic carbocycles. The number of morpholine rings is 1. The Kier molecular flexibility index (Phi) is 23.9. The maximum atomic E-state index is 12.9. The van der Waals surface area contributed by atoms with E-state index in [2.05, 4.69) is 54.2 Å². The van der Waals surface area contributed by atoms with E-state index in [1.54, 1.807) is 11.3 Å². The topological polar surface area (TPSA) is 141 Å². The molecule has 5 N–H and O–H groups in total. The van der Waals surface area contributed by atoms with Gasteiger partial charge in [-0.15, -0.1) is 11.3 Å². The molecular formula is C32H50ClN5O4S. The number of ether oxygens (including phenoxy) is 1. The zero-order valence-corrected chi connectivity index (χ0v) is 27.6. The van der Waals surface area contributed by atoms with Gasteiger partial charge in [-0.3, -0.25) is 14.5 Å². The Labute approximate surface area is 266 Å². The number of fused-ring (bicyclic) bond motifs is 1. The Balaban J connectivity index is 0.00000157. The summed E-state index contributed by atoms with van der Waals surface area (Å²) in [6, 6.07) is 10.4. The maximum Gasteiger partial charge on any atom is 0.220 e. The number of thiazole rings is 1. The number of halogens is 1. The molecule has 2 amide bonds. The van der Waals surface area contributed by atoms with Crippen LogP contribution < -0.4 is 16.8 Å². The van der Waals surface area contributed by atoms with Gasteiger partial charge in [0.15, 0.2) is 0 Å². The van der Waals surface area contributed by atoms with E-state index in [1.165, 1.54) is 19.0 Å². The Morgan fingerprint density at radius 3 is 2.40 bits per heavy atom. The van der Waals surface area contributed by atoms with Crippen molar-refractivity contribution in [2.24, 2.45) is 11.5 Å². The standard InChI is InChI=1S/C26H32ClN3O2S.C3H8.CH3NO.CH5N.CH2O/c1-19(18-30-11-13-32-14-12-30)15-22(16-20-5-3-2-4-6-20)28-25(31)9-10-26-29-23-8-7-21(27)17-24(23)33-26;1-3-2;2-1-3;2*1-2/h2-6,17,22H,1,7-16,18H2,(H,28,31);3H2,1-2H3;1H,(H2,2,3);2H2,1H3;1H2. The molecule has 240 valence electrons.